The number of ether oxygens (including phenoxy) is 1. The van der Waals surface area contributed by atoms with Gasteiger partial charge in [-0.2, -0.15) is 5.10 Å². The van der Waals surface area contributed by atoms with E-state index in [1.165, 1.54) is 0 Å². The summed E-state index contributed by atoms with van der Waals surface area (Å²) in [5.74, 6) is -0.0625. The SMILES string of the molecule is CCn1ncc(CN(C)C(=O)c2cc(-c3ccc(NCCOC)c(C)n3)nc3ccc(C)cc23)c1C. The summed E-state index contributed by atoms with van der Waals surface area (Å²) in [4.78, 5) is 25.1. The van der Waals surface area contributed by atoms with Gasteiger partial charge in [-0.3, -0.25) is 9.48 Å². The van der Waals surface area contributed by atoms with Crippen LogP contribution in [0.15, 0.2) is 42.6 Å². The number of aromatic nitrogens is 4. The van der Waals surface area contributed by atoms with Crippen molar-refractivity contribution in [1.82, 2.24) is 24.6 Å². The topological polar surface area (TPSA) is 85.2 Å². The van der Waals surface area contributed by atoms with Gasteiger partial charge in [0.05, 0.1) is 46.7 Å². The molecule has 4 aromatic rings. The van der Waals surface area contributed by atoms with E-state index in [1.54, 1.807) is 12.0 Å². The molecule has 1 amide bonds. The molecule has 0 radical (unpaired) electrons. The fourth-order valence-electron chi connectivity index (χ4n) is 4.32. The van der Waals surface area contributed by atoms with Crippen molar-refractivity contribution in [2.24, 2.45) is 0 Å². The summed E-state index contributed by atoms with van der Waals surface area (Å²) in [6.07, 6.45) is 1.85. The van der Waals surface area contributed by atoms with Gasteiger partial charge in [0.2, 0.25) is 0 Å². The lowest BCUT2D eigenvalue weighted by Gasteiger charge is -2.19. The number of aryl methyl sites for hydroxylation is 3. The van der Waals surface area contributed by atoms with Gasteiger partial charge < -0.3 is 15.0 Å². The molecule has 0 fully saturated rings. The van der Waals surface area contributed by atoms with Crippen molar-refractivity contribution in [2.75, 3.05) is 32.6 Å². The van der Waals surface area contributed by atoms with E-state index in [2.05, 4.69) is 17.3 Å². The standard InChI is InChI=1S/C28H34N6O2/c1-7-34-20(4)21(16-30-34)17-33(5)28(35)23-15-27(32-25-9-8-18(2)14-22(23)25)26-11-10-24(19(3)31-26)29-12-13-36-6/h8-11,14-16,29H,7,12-13,17H2,1-6H3. The molecule has 0 atom stereocenters. The van der Waals surface area contributed by atoms with Crippen LogP contribution in [0.5, 0.6) is 0 Å². The minimum Gasteiger partial charge on any atom is -0.383 e. The number of anilines is 1. The molecule has 3 aromatic heterocycles. The number of nitrogens with one attached hydrogen (secondary N) is 1. The van der Waals surface area contributed by atoms with E-state index in [-0.39, 0.29) is 5.91 Å². The smallest absolute Gasteiger partial charge is 0.254 e. The van der Waals surface area contributed by atoms with Crippen LogP contribution in [0.4, 0.5) is 5.69 Å². The molecule has 0 aliphatic rings. The molecule has 188 valence electrons. The van der Waals surface area contributed by atoms with E-state index < -0.39 is 0 Å². The fourth-order valence-corrected chi connectivity index (χ4v) is 4.32. The minimum absolute atomic E-state index is 0.0625. The van der Waals surface area contributed by atoms with Crippen LogP contribution in [0.2, 0.25) is 0 Å². The van der Waals surface area contributed by atoms with Gasteiger partial charge in [0.1, 0.15) is 0 Å². The Bertz CT molecular complexity index is 1390. The second-order valence-electron chi connectivity index (χ2n) is 9.06. The first kappa shape index (κ1) is 25.3. The molecule has 0 aliphatic heterocycles. The lowest BCUT2D eigenvalue weighted by Crippen LogP contribution is -2.27. The summed E-state index contributed by atoms with van der Waals surface area (Å²) in [7, 11) is 3.51. The summed E-state index contributed by atoms with van der Waals surface area (Å²) in [6.45, 7) is 10.7. The molecule has 3 heterocycles. The van der Waals surface area contributed by atoms with Crippen LogP contribution in [-0.4, -0.2) is 57.9 Å². The van der Waals surface area contributed by atoms with Gasteiger partial charge in [-0.25, -0.2) is 9.97 Å². The normalized spacial score (nSPS) is 11.2. The van der Waals surface area contributed by atoms with Gasteiger partial charge in [-0.1, -0.05) is 11.6 Å². The Kier molecular flexibility index (Phi) is 7.64. The second-order valence-corrected chi connectivity index (χ2v) is 9.06. The number of hydrogen-bond donors (Lipinski definition) is 1. The van der Waals surface area contributed by atoms with Crippen LogP contribution < -0.4 is 5.32 Å². The van der Waals surface area contributed by atoms with Gasteiger partial charge in [0.15, 0.2) is 0 Å². The number of fused-ring (bicyclic) bond motifs is 1. The Morgan fingerprint density at radius 2 is 1.89 bits per heavy atom. The Labute approximate surface area is 212 Å². The fraction of sp³-hybridized carbons (Fsp3) is 0.357. The van der Waals surface area contributed by atoms with Gasteiger partial charge in [-0.05, 0) is 58.0 Å². The Morgan fingerprint density at radius 3 is 2.58 bits per heavy atom. The third-order valence-electron chi connectivity index (χ3n) is 6.42. The number of nitrogens with zero attached hydrogens (tertiary/aromatic N) is 5. The van der Waals surface area contributed by atoms with Gasteiger partial charge in [-0.15, -0.1) is 0 Å². The highest BCUT2D eigenvalue weighted by Gasteiger charge is 2.20. The average Bonchev–Trinajstić information content (AvgIpc) is 3.22. The van der Waals surface area contributed by atoms with E-state index in [0.717, 1.165) is 51.3 Å². The molecule has 1 N–H and O–H groups in total. The lowest BCUT2D eigenvalue weighted by atomic mass is 10.0. The average molecular weight is 487 g/mol. The third kappa shape index (κ3) is 5.23. The third-order valence-corrected chi connectivity index (χ3v) is 6.42. The van der Waals surface area contributed by atoms with Gasteiger partial charge in [0.25, 0.3) is 5.91 Å². The first-order chi connectivity index (χ1) is 17.3. The van der Waals surface area contributed by atoms with Crippen molar-refractivity contribution in [3.05, 3.63) is 70.7 Å². The quantitative estimate of drug-likeness (QED) is 0.343. The largest absolute Gasteiger partial charge is 0.383 e. The van der Waals surface area contributed by atoms with E-state index in [9.17, 15) is 4.79 Å². The number of amides is 1. The molecular weight excluding hydrogens is 452 g/mol. The number of carbonyl (C=O) groups excluding carboxylic acids is 1. The zero-order chi connectivity index (χ0) is 25.8. The van der Waals surface area contributed by atoms with Gasteiger partial charge >= 0.3 is 0 Å². The summed E-state index contributed by atoms with van der Waals surface area (Å²) < 4.78 is 7.06. The lowest BCUT2D eigenvalue weighted by molar-refractivity contribution is 0.0787. The van der Waals surface area contributed by atoms with E-state index in [0.29, 0.717) is 31.0 Å². The van der Waals surface area contributed by atoms with Crippen LogP contribution in [0.3, 0.4) is 0 Å². The van der Waals surface area contributed by atoms with Crippen LogP contribution in [0.25, 0.3) is 22.3 Å². The Morgan fingerprint density at radius 1 is 1.08 bits per heavy atom. The summed E-state index contributed by atoms with van der Waals surface area (Å²) in [5.41, 5.74) is 7.79. The van der Waals surface area contributed by atoms with Gasteiger partial charge in [0, 0.05) is 50.4 Å². The first-order valence-corrected chi connectivity index (χ1v) is 12.2. The van der Waals surface area contributed by atoms with E-state index >= 15 is 0 Å². The monoisotopic (exact) mass is 486 g/mol. The maximum absolute atomic E-state index is 13.7. The van der Waals surface area contributed by atoms with Crippen molar-refractivity contribution in [2.45, 2.75) is 40.8 Å². The van der Waals surface area contributed by atoms with Crippen LogP contribution in [-0.2, 0) is 17.8 Å². The molecule has 0 saturated carbocycles. The molecular formula is C28H34N6O2. The number of methoxy groups -OCH3 is 1. The van der Waals surface area contributed by atoms with Crippen molar-refractivity contribution in [3.63, 3.8) is 0 Å². The summed E-state index contributed by atoms with van der Waals surface area (Å²) in [6, 6.07) is 11.8. The number of benzene rings is 1. The van der Waals surface area contributed by atoms with E-state index in [4.69, 9.17) is 14.7 Å². The molecule has 0 aliphatic carbocycles. The first-order valence-electron chi connectivity index (χ1n) is 12.2. The molecule has 8 nitrogen and oxygen atoms in total. The van der Waals surface area contributed by atoms with Crippen molar-refractivity contribution in [1.29, 1.82) is 0 Å². The molecule has 0 bridgehead atoms. The van der Waals surface area contributed by atoms with Crippen molar-refractivity contribution in [3.8, 4) is 11.4 Å². The zero-order valence-corrected chi connectivity index (χ0v) is 21.9. The molecule has 1 aromatic carbocycles. The summed E-state index contributed by atoms with van der Waals surface area (Å²) >= 11 is 0. The second kappa shape index (κ2) is 10.9. The highest BCUT2D eigenvalue weighted by Crippen LogP contribution is 2.27. The van der Waals surface area contributed by atoms with Crippen molar-refractivity contribution >= 4 is 22.5 Å². The minimum atomic E-state index is -0.0625. The predicted molar refractivity (Wildman–Crippen MR) is 143 cm³/mol. The zero-order valence-electron chi connectivity index (χ0n) is 21.9. The van der Waals surface area contributed by atoms with E-state index in [1.807, 2.05) is 75.1 Å². The molecule has 0 spiro atoms. The summed E-state index contributed by atoms with van der Waals surface area (Å²) in [5, 5.41) is 8.59. The van der Waals surface area contributed by atoms with Crippen LogP contribution in [0, 0.1) is 20.8 Å². The molecule has 0 unspecified atom stereocenters. The van der Waals surface area contributed by atoms with Crippen molar-refractivity contribution < 1.29 is 9.53 Å². The maximum atomic E-state index is 13.7. The highest BCUT2D eigenvalue weighted by molar-refractivity contribution is 6.07. The molecule has 4 rings (SSSR count). The predicted octanol–water partition coefficient (Wildman–Crippen LogP) is 4.77. The number of hydrogen-bond acceptors (Lipinski definition) is 6. The number of rotatable bonds is 9. The maximum Gasteiger partial charge on any atom is 0.254 e. The molecule has 36 heavy (non-hydrogen) atoms. The highest BCUT2D eigenvalue weighted by atomic mass is 16.5. The number of carbonyl (C=O) groups is 1. The molecule has 8 heteroatoms. The molecule has 0 saturated heterocycles. The van der Waals surface area contributed by atoms with Crippen LogP contribution in [0.1, 0.15) is 39.8 Å². The number of pyridine rings is 2. The van der Waals surface area contributed by atoms with Crippen LogP contribution >= 0.6 is 0 Å². The Hall–Kier alpha value is -3.78. The Balaban J connectivity index is 1.71.